The molecule has 1 N–H and O–H groups in total. The zero-order valence-corrected chi connectivity index (χ0v) is 13.1. The Bertz CT molecular complexity index is 659. The van der Waals surface area contributed by atoms with Crippen LogP contribution in [0.2, 0.25) is 0 Å². The predicted molar refractivity (Wildman–Crippen MR) is 91.1 cm³/mol. The van der Waals surface area contributed by atoms with Crippen LogP contribution in [0.1, 0.15) is 47.9 Å². The number of nitrogens with one attached hydrogen (secondary N) is 1. The topological polar surface area (TPSA) is 24.9 Å². The summed E-state index contributed by atoms with van der Waals surface area (Å²) in [4.78, 5) is 4.55. The Balaban J connectivity index is 1.39. The van der Waals surface area contributed by atoms with Crippen LogP contribution < -0.4 is 5.32 Å². The highest BCUT2D eigenvalue weighted by Gasteiger charge is 2.17. The van der Waals surface area contributed by atoms with Gasteiger partial charge in [-0.2, -0.15) is 0 Å². The molecule has 114 valence electrons. The smallest absolute Gasteiger partial charge is 0.126 e. The number of rotatable bonds is 5. The minimum absolute atomic E-state index is 0.865. The Morgan fingerprint density at radius 3 is 2.73 bits per heavy atom. The van der Waals surface area contributed by atoms with Crippen LogP contribution in [0, 0.1) is 5.92 Å². The van der Waals surface area contributed by atoms with E-state index in [0.717, 1.165) is 18.3 Å². The highest BCUT2D eigenvalue weighted by atomic mass is 15.0. The molecule has 1 heterocycles. The third-order valence-corrected chi connectivity index (χ3v) is 5.19. The van der Waals surface area contributed by atoms with Crippen LogP contribution in [0.25, 0.3) is 0 Å². The molecule has 0 unspecified atom stereocenters. The minimum atomic E-state index is 0.865. The van der Waals surface area contributed by atoms with E-state index < -0.39 is 0 Å². The first-order chi connectivity index (χ1) is 10.9. The summed E-state index contributed by atoms with van der Waals surface area (Å²) in [7, 11) is 0. The molecule has 2 nitrogen and oxygen atoms in total. The summed E-state index contributed by atoms with van der Waals surface area (Å²) in [6, 6.07) is 11.3. The van der Waals surface area contributed by atoms with E-state index in [0.29, 0.717) is 0 Å². The maximum atomic E-state index is 4.55. The molecule has 0 atom stereocenters. The van der Waals surface area contributed by atoms with E-state index in [9.17, 15) is 0 Å². The van der Waals surface area contributed by atoms with Crippen molar-refractivity contribution in [2.75, 3.05) is 5.32 Å². The van der Waals surface area contributed by atoms with Gasteiger partial charge in [-0.3, -0.25) is 0 Å². The molecule has 0 radical (unpaired) electrons. The number of anilines is 1. The van der Waals surface area contributed by atoms with Crippen LogP contribution in [0.3, 0.4) is 0 Å². The second-order valence-electron chi connectivity index (χ2n) is 6.87. The van der Waals surface area contributed by atoms with Gasteiger partial charge in [0.05, 0.1) is 0 Å². The fourth-order valence-corrected chi connectivity index (χ4v) is 3.64. The van der Waals surface area contributed by atoms with Crippen molar-refractivity contribution < 1.29 is 0 Å². The Morgan fingerprint density at radius 2 is 1.86 bits per heavy atom. The van der Waals surface area contributed by atoms with E-state index in [-0.39, 0.29) is 0 Å². The van der Waals surface area contributed by atoms with Crippen molar-refractivity contribution in [1.82, 2.24) is 4.98 Å². The maximum absolute atomic E-state index is 4.55. The molecule has 22 heavy (non-hydrogen) atoms. The maximum Gasteiger partial charge on any atom is 0.126 e. The SMILES string of the molecule is c1cc(CNc2cc3c(cn2)CCC3)cc(CC2CCC2)c1. The van der Waals surface area contributed by atoms with E-state index in [1.54, 1.807) is 0 Å². The molecule has 2 heteroatoms. The molecule has 0 amide bonds. The van der Waals surface area contributed by atoms with Crippen molar-refractivity contribution in [2.24, 2.45) is 5.92 Å². The summed E-state index contributed by atoms with van der Waals surface area (Å²) in [5.74, 6) is 1.95. The van der Waals surface area contributed by atoms with E-state index in [4.69, 9.17) is 0 Å². The first-order valence-corrected chi connectivity index (χ1v) is 8.66. The number of aromatic nitrogens is 1. The molecule has 0 bridgehead atoms. The van der Waals surface area contributed by atoms with Crippen LogP contribution in [0.5, 0.6) is 0 Å². The van der Waals surface area contributed by atoms with Gasteiger partial charge in [0.2, 0.25) is 0 Å². The quantitative estimate of drug-likeness (QED) is 0.876. The summed E-state index contributed by atoms with van der Waals surface area (Å²) < 4.78 is 0. The summed E-state index contributed by atoms with van der Waals surface area (Å²) in [5.41, 5.74) is 5.77. The Kier molecular flexibility index (Phi) is 3.84. The van der Waals surface area contributed by atoms with E-state index in [1.807, 2.05) is 0 Å². The first kappa shape index (κ1) is 13.8. The van der Waals surface area contributed by atoms with Gasteiger partial charge in [-0.05, 0) is 59.9 Å². The van der Waals surface area contributed by atoms with Gasteiger partial charge in [0.15, 0.2) is 0 Å². The van der Waals surface area contributed by atoms with E-state index >= 15 is 0 Å². The fourth-order valence-electron chi connectivity index (χ4n) is 3.64. The number of hydrogen-bond donors (Lipinski definition) is 1. The first-order valence-electron chi connectivity index (χ1n) is 8.66. The van der Waals surface area contributed by atoms with Gasteiger partial charge in [0.25, 0.3) is 0 Å². The second-order valence-corrected chi connectivity index (χ2v) is 6.87. The standard InChI is InChI=1S/C20H24N2/c1-4-15(5-1)10-16-6-2-7-17(11-16)13-21-20-12-18-8-3-9-19(18)14-22-20/h2,6-7,11-12,14-15H,1,3-5,8-10,13H2,(H,21,22). The average molecular weight is 292 g/mol. The van der Waals surface area contributed by atoms with Gasteiger partial charge >= 0.3 is 0 Å². The van der Waals surface area contributed by atoms with Crippen LogP contribution in [-0.2, 0) is 25.8 Å². The monoisotopic (exact) mass is 292 g/mol. The van der Waals surface area contributed by atoms with Gasteiger partial charge in [-0.15, -0.1) is 0 Å². The molecular formula is C20H24N2. The Labute approximate surface area is 133 Å². The van der Waals surface area contributed by atoms with Crippen molar-refractivity contribution in [3.8, 4) is 0 Å². The summed E-state index contributed by atoms with van der Waals surface area (Å²) >= 11 is 0. The largest absolute Gasteiger partial charge is 0.366 e. The molecule has 1 aromatic heterocycles. The molecule has 1 saturated carbocycles. The predicted octanol–water partition coefficient (Wildman–Crippen LogP) is 4.53. The van der Waals surface area contributed by atoms with Crippen molar-refractivity contribution in [1.29, 1.82) is 0 Å². The normalized spacial score (nSPS) is 17.1. The molecular weight excluding hydrogens is 268 g/mol. The number of benzene rings is 1. The average Bonchev–Trinajstić information content (AvgIpc) is 2.97. The van der Waals surface area contributed by atoms with Gasteiger partial charge in [0, 0.05) is 12.7 Å². The van der Waals surface area contributed by atoms with Crippen molar-refractivity contribution in [3.63, 3.8) is 0 Å². The van der Waals surface area contributed by atoms with Crippen molar-refractivity contribution >= 4 is 5.82 Å². The van der Waals surface area contributed by atoms with Gasteiger partial charge in [-0.25, -0.2) is 4.98 Å². The third kappa shape index (κ3) is 3.01. The molecule has 2 aromatic rings. The van der Waals surface area contributed by atoms with E-state index in [2.05, 4.69) is 46.8 Å². The summed E-state index contributed by atoms with van der Waals surface area (Å²) in [6.45, 7) is 0.865. The van der Waals surface area contributed by atoms with E-state index in [1.165, 1.54) is 67.2 Å². The molecule has 4 rings (SSSR count). The number of fused-ring (bicyclic) bond motifs is 1. The molecule has 0 saturated heterocycles. The van der Waals surface area contributed by atoms with Gasteiger partial charge < -0.3 is 5.32 Å². The minimum Gasteiger partial charge on any atom is -0.366 e. The molecule has 1 fully saturated rings. The van der Waals surface area contributed by atoms with Crippen LogP contribution >= 0.6 is 0 Å². The fraction of sp³-hybridized carbons (Fsp3) is 0.450. The summed E-state index contributed by atoms with van der Waals surface area (Å²) in [6.07, 6.45) is 11.3. The van der Waals surface area contributed by atoms with Crippen LogP contribution in [0.4, 0.5) is 5.82 Å². The molecule has 0 aliphatic heterocycles. The Hall–Kier alpha value is -1.83. The van der Waals surface area contributed by atoms with Gasteiger partial charge in [0.1, 0.15) is 5.82 Å². The number of nitrogens with zero attached hydrogens (tertiary/aromatic N) is 1. The molecule has 1 aromatic carbocycles. The lowest BCUT2D eigenvalue weighted by Crippen LogP contribution is -2.13. The molecule has 0 spiro atoms. The number of aryl methyl sites for hydroxylation is 2. The highest BCUT2D eigenvalue weighted by Crippen LogP contribution is 2.30. The number of hydrogen-bond acceptors (Lipinski definition) is 2. The van der Waals surface area contributed by atoms with Crippen molar-refractivity contribution in [3.05, 3.63) is 58.8 Å². The highest BCUT2D eigenvalue weighted by molar-refractivity contribution is 5.43. The lowest BCUT2D eigenvalue weighted by Gasteiger charge is -2.25. The van der Waals surface area contributed by atoms with Crippen LogP contribution in [0.15, 0.2) is 36.5 Å². The van der Waals surface area contributed by atoms with Gasteiger partial charge in [-0.1, -0.05) is 43.5 Å². The van der Waals surface area contributed by atoms with Crippen molar-refractivity contribution in [2.45, 2.75) is 51.5 Å². The lowest BCUT2D eigenvalue weighted by atomic mass is 9.81. The van der Waals surface area contributed by atoms with Crippen LogP contribution in [-0.4, -0.2) is 4.98 Å². The number of pyridine rings is 1. The lowest BCUT2D eigenvalue weighted by molar-refractivity contribution is 0.314. The summed E-state index contributed by atoms with van der Waals surface area (Å²) in [5, 5.41) is 3.49. The molecule has 2 aliphatic rings. The third-order valence-electron chi connectivity index (χ3n) is 5.19. The second kappa shape index (κ2) is 6.12. The molecule has 2 aliphatic carbocycles. The zero-order chi connectivity index (χ0) is 14.8. The Morgan fingerprint density at radius 1 is 1.00 bits per heavy atom. The zero-order valence-electron chi connectivity index (χ0n) is 13.1.